The van der Waals surface area contributed by atoms with Gasteiger partial charge in [0.25, 0.3) is 11.8 Å². The third kappa shape index (κ3) is 3.48. The predicted molar refractivity (Wildman–Crippen MR) is 109 cm³/mol. The highest BCUT2D eigenvalue weighted by atomic mass is 16.6. The lowest BCUT2D eigenvalue weighted by molar-refractivity contribution is 0.0534. The number of nitrogens with zero attached hydrogens (tertiary/aromatic N) is 1. The molecule has 0 saturated carbocycles. The van der Waals surface area contributed by atoms with E-state index in [1.807, 2.05) is 12.1 Å². The van der Waals surface area contributed by atoms with Gasteiger partial charge in [-0.2, -0.15) is 0 Å². The minimum atomic E-state index is -0.578. The van der Waals surface area contributed by atoms with Gasteiger partial charge in [0.05, 0.1) is 19.3 Å². The number of amides is 2. The number of hydroxylamine groups is 1. The summed E-state index contributed by atoms with van der Waals surface area (Å²) < 4.78 is 5.92. The fourth-order valence-electron chi connectivity index (χ4n) is 4.28. The third-order valence-electron chi connectivity index (χ3n) is 6.05. The molecule has 0 atom stereocenters. The minimum absolute atomic E-state index is 0.0430. The number of rotatable bonds is 4. The normalized spacial score (nSPS) is 16.8. The number of phenolic OH excluding ortho intramolecular Hbond substituents is 1. The first kappa shape index (κ1) is 20.2. The summed E-state index contributed by atoms with van der Waals surface area (Å²) in [6, 6.07) is 10.4. The molecular weight excluding hydrogens is 386 g/mol. The Labute approximate surface area is 174 Å². The van der Waals surface area contributed by atoms with Gasteiger partial charge in [0, 0.05) is 36.2 Å². The molecule has 1 fully saturated rings. The van der Waals surface area contributed by atoms with Crippen molar-refractivity contribution in [3.63, 3.8) is 0 Å². The van der Waals surface area contributed by atoms with Crippen LogP contribution in [0.3, 0.4) is 0 Å². The predicted octanol–water partition coefficient (Wildman–Crippen LogP) is 1.71. The quantitative estimate of drug-likeness (QED) is 0.660. The molecule has 1 spiro atoms. The second kappa shape index (κ2) is 7.97. The van der Waals surface area contributed by atoms with Crippen LogP contribution in [-0.2, 0) is 16.8 Å². The number of nitrogens with two attached hydrogens (primary N) is 1. The second-order valence-electron chi connectivity index (χ2n) is 7.76. The highest BCUT2D eigenvalue weighted by Gasteiger charge is 2.44. The Balaban J connectivity index is 1.47. The first-order valence-electron chi connectivity index (χ1n) is 9.89. The van der Waals surface area contributed by atoms with Gasteiger partial charge < -0.3 is 20.5 Å². The number of piperidine rings is 1. The molecule has 8 heteroatoms. The molecule has 2 aromatic rings. The highest BCUT2D eigenvalue weighted by Crippen LogP contribution is 2.46. The topological polar surface area (TPSA) is 114 Å². The fraction of sp³-hybridized carbons (Fsp3) is 0.364. The van der Waals surface area contributed by atoms with Gasteiger partial charge in [-0.25, -0.2) is 5.48 Å². The number of phenols is 1. The van der Waals surface area contributed by atoms with Crippen LogP contribution in [-0.4, -0.2) is 48.6 Å². The summed E-state index contributed by atoms with van der Waals surface area (Å²) in [6.45, 7) is 2.26. The largest absolute Gasteiger partial charge is 0.507 e. The Morgan fingerprint density at radius 3 is 2.67 bits per heavy atom. The Morgan fingerprint density at radius 2 is 2.00 bits per heavy atom. The van der Waals surface area contributed by atoms with Crippen molar-refractivity contribution in [3.8, 4) is 11.5 Å². The van der Waals surface area contributed by atoms with Gasteiger partial charge >= 0.3 is 0 Å². The summed E-state index contributed by atoms with van der Waals surface area (Å²) in [6.07, 6.45) is 1.58. The number of carbonyl (C=O) groups excluding carboxylic acids is 2. The smallest absolute Gasteiger partial charge is 0.278 e. The van der Waals surface area contributed by atoms with Crippen LogP contribution < -0.4 is 16.0 Å². The average Bonchev–Trinajstić information content (AvgIpc) is 3.11. The first-order chi connectivity index (χ1) is 14.5. The lowest BCUT2D eigenvalue weighted by Gasteiger charge is -2.38. The zero-order chi connectivity index (χ0) is 21.3. The van der Waals surface area contributed by atoms with E-state index in [1.54, 1.807) is 11.0 Å². The van der Waals surface area contributed by atoms with E-state index in [-0.39, 0.29) is 22.6 Å². The number of likely N-dealkylation sites (tertiary alicyclic amines) is 1. The molecule has 0 aromatic heterocycles. The number of carbonyl (C=O) groups is 2. The summed E-state index contributed by atoms with van der Waals surface area (Å²) in [5, 5.41) is 10.1. The first-order valence-corrected chi connectivity index (χ1v) is 9.89. The maximum absolute atomic E-state index is 12.9. The lowest BCUT2D eigenvalue weighted by Crippen LogP contribution is -2.46. The number of ether oxygens (including phenoxy) is 1. The van der Waals surface area contributed by atoms with Gasteiger partial charge in [0.2, 0.25) is 0 Å². The van der Waals surface area contributed by atoms with Gasteiger partial charge in [-0.15, -0.1) is 0 Å². The number of nitrogens with one attached hydrogen (secondary N) is 1. The maximum Gasteiger partial charge on any atom is 0.278 e. The van der Waals surface area contributed by atoms with Gasteiger partial charge in [-0.3, -0.25) is 14.4 Å². The zero-order valence-electron chi connectivity index (χ0n) is 16.8. The third-order valence-corrected chi connectivity index (χ3v) is 6.05. The zero-order valence-corrected chi connectivity index (χ0v) is 16.8. The number of aromatic hydroxyl groups is 1. The molecule has 0 aliphatic carbocycles. The monoisotopic (exact) mass is 411 g/mol. The molecule has 4 rings (SSSR count). The summed E-state index contributed by atoms with van der Waals surface area (Å²) in [5.41, 5.74) is 10.5. The second-order valence-corrected chi connectivity index (χ2v) is 7.76. The van der Waals surface area contributed by atoms with E-state index in [2.05, 4.69) is 16.4 Å². The van der Waals surface area contributed by atoms with Crippen LogP contribution in [0.25, 0.3) is 0 Å². The number of fused-ring (bicyclic) bond motifs is 2. The van der Waals surface area contributed by atoms with Crippen LogP contribution in [0.2, 0.25) is 0 Å². The van der Waals surface area contributed by atoms with E-state index in [4.69, 9.17) is 10.5 Å². The Morgan fingerprint density at radius 1 is 1.23 bits per heavy atom. The van der Waals surface area contributed by atoms with Crippen LogP contribution in [0, 0.1) is 0 Å². The molecule has 1 saturated heterocycles. The van der Waals surface area contributed by atoms with Crippen molar-refractivity contribution in [1.29, 1.82) is 0 Å². The fourth-order valence-corrected chi connectivity index (χ4v) is 4.28. The van der Waals surface area contributed by atoms with Gasteiger partial charge in [0.1, 0.15) is 11.5 Å². The van der Waals surface area contributed by atoms with Crippen molar-refractivity contribution >= 4 is 11.8 Å². The van der Waals surface area contributed by atoms with Gasteiger partial charge in [-0.1, -0.05) is 12.1 Å². The van der Waals surface area contributed by atoms with E-state index in [0.29, 0.717) is 31.8 Å². The standard InChI is InChI=1S/C22H25N3O5/c1-29-24-20(27)16-4-3-15(11-18(16)26)21(28)25-8-6-22(7-9-25)13-30-19-5-2-14(12-23)10-17(19)22/h2-5,10-11,26H,6-9,12-13,23H2,1H3,(H,24,27). The van der Waals surface area contributed by atoms with Gasteiger partial charge in [0.15, 0.2) is 0 Å². The molecule has 8 nitrogen and oxygen atoms in total. The molecular formula is C22H25N3O5. The number of hydrogen-bond donors (Lipinski definition) is 3. The van der Waals surface area contributed by atoms with Crippen molar-refractivity contribution in [1.82, 2.24) is 10.4 Å². The van der Waals surface area contributed by atoms with E-state index in [1.165, 1.54) is 24.8 Å². The number of hydrogen-bond acceptors (Lipinski definition) is 6. The van der Waals surface area contributed by atoms with Crippen LogP contribution in [0.5, 0.6) is 11.5 Å². The van der Waals surface area contributed by atoms with E-state index < -0.39 is 5.91 Å². The van der Waals surface area contributed by atoms with Crippen molar-refractivity contribution in [3.05, 3.63) is 58.7 Å². The highest BCUT2D eigenvalue weighted by molar-refractivity contribution is 5.99. The Kier molecular flexibility index (Phi) is 5.36. The summed E-state index contributed by atoms with van der Waals surface area (Å²) in [7, 11) is 1.31. The summed E-state index contributed by atoms with van der Waals surface area (Å²) in [4.78, 5) is 31.1. The lowest BCUT2D eigenvalue weighted by atomic mass is 9.74. The average molecular weight is 411 g/mol. The maximum atomic E-state index is 12.9. The van der Waals surface area contributed by atoms with Crippen LogP contribution >= 0.6 is 0 Å². The van der Waals surface area contributed by atoms with Crippen molar-refractivity contribution < 1.29 is 24.3 Å². The van der Waals surface area contributed by atoms with Gasteiger partial charge in [-0.05, 0) is 42.7 Å². The molecule has 0 radical (unpaired) electrons. The summed E-state index contributed by atoms with van der Waals surface area (Å²) in [5.74, 6) is -0.113. The number of benzene rings is 2. The molecule has 0 bridgehead atoms. The molecule has 2 aromatic carbocycles. The van der Waals surface area contributed by atoms with E-state index in [0.717, 1.165) is 24.2 Å². The Bertz CT molecular complexity index is 983. The summed E-state index contributed by atoms with van der Waals surface area (Å²) >= 11 is 0. The van der Waals surface area contributed by atoms with Crippen molar-refractivity contribution in [2.45, 2.75) is 24.8 Å². The van der Waals surface area contributed by atoms with Crippen molar-refractivity contribution in [2.24, 2.45) is 5.73 Å². The SMILES string of the molecule is CONC(=O)c1ccc(C(=O)N2CCC3(CC2)COc2ccc(CN)cc23)cc1O. The molecule has 0 unspecified atom stereocenters. The van der Waals surface area contributed by atoms with E-state index >= 15 is 0 Å². The van der Waals surface area contributed by atoms with Crippen LogP contribution in [0.4, 0.5) is 0 Å². The molecule has 30 heavy (non-hydrogen) atoms. The van der Waals surface area contributed by atoms with Crippen molar-refractivity contribution in [2.75, 3.05) is 26.8 Å². The molecule has 4 N–H and O–H groups in total. The molecule has 2 aliphatic heterocycles. The van der Waals surface area contributed by atoms with Crippen LogP contribution in [0.1, 0.15) is 44.7 Å². The van der Waals surface area contributed by atoms with Crippen LogP contribution in [0.15, 0.2) is 36.4 Å². The molecule has 158 valence electrons. The molecule has 2 aliphatic rings. The Hall–Kier alpha value is -3.10. The van der Waals surface area contributed by atoms with E-state index in [9.17, 15) is 14.7 Å². The molecule has 2 amide bonds. The molecule has 2 heterocycles. The minimum Gasteiger partial charge on any atom is -0.507 e.